The van der Waals surface area contributed by atoms with Crippen LogP contribution in [0.2, 0.25) is 5.02 Å². The van der Waals surface area contributed by atoms with Crippen molar-refractivity contribution in [3.63, 3.8) is 0 Å². The first-order valence-corrected chi connectivity index (χ1v) is 9.83. The second kappa shape index (κ2) is 7.89. The van der Waals surface area contributed by atoms with Gasteiger partial charge in [-0.25, -0.2) is 0 Å². The molecule has 0 radical (unpaired) electrons. The number of hydrogen-bond donors (Lipinski definition) is 1. The molecule has 29 heavy (non-hydrogen) atoms. The summed E-state index contributed by atoms with van der Waals surface area (Å²) < 4.78 is 11.4. The quantitative estimate of drug-likeness (QED) is 0.665. The van der Waals surface area contributed by atoms with Gasteiger partial charge in [-0.1, -0.05) is 30.7 Å². The summed E-state index contributed by atoms with van der Waals surface area (Å²) >= 11 is 6.06. The number of hydrogen-bond acceptors (Lipinski definition) is 5. The summed E-state index contributed by atoms with van der Waals surface area (Å²) in [5.74, 6) is 0.306. The average molecular weight is 414 g/mol. The Morgan fingerprint density at radius 1 is 1.17 bits per heavy atom. The number of carbonyl (C=O) groups excluding carboxylic acids is 1. The zero-order valence-corrected chi connectivity index (χ0v) is 16.6. The highest BCUT2D eigenvalue weighted by molar-refractivity contribution is 6.31. The van der Waals surface area contributed by atoms with E-state index in [2.05, 4.69) is 0 Å². The van der Waals surface area contributed by atoms with Crippen LogP contribution in [-0.4, -0.2) is 35.7 Å². The van der Waals surface area contributed by atoms with Crippen LogP contribution in [0.1, 0.15) is 41.1 Å². The van der Waals surface area contributed by atoms with E-state index in [0.717, 1.165) is 12.0 Å². The molecule has 0 bridgehead atoms. The molecule has 3 aromatic rings. The molecule has 2 heterocycles. The zero-order chi connectivity index (χ0) is 20.5. The summed E-state index contributed by atoms with van der Waals surface area (Å²) in [5, 5.41) is 10.2. The summed E-state index contributed by atoms with van der Waals surface area (Å²) in [7, 11) is 0. The number of benzene rings is 2. The van der Waals surface area contributed by atoms with Crippen LogP contribution < -0.4 is 10.2 Å². The number of amides is 1. The number of ether oxygens (including phenoxy) is 1. The van der Waals surface area contributed by atoms with Crippen molar-refractivity contribution in [1.82, 2.24) is 4.90 Å². The first-order valence-electron chi connectivity index (χ1n) is 9.46. The molecule has 1 amide bonds. The molecule has 1 unspecified atom stereocenters. The van der Waals surface area contributed by atoms with Crippen molar-refractivity contribution in [2.45, 2.75) is 19.4 Å². The van der Waals surface area contributed by atoms with Crippen molar-refractivity contribution >= 4 is 28.5 Å². The maximum atomic E-state index is 13.3. The monoisotopic (exact) mass is 413 g/mol. The third-order valence-corrected chi connectivity index (χ3v) is 5.17. The van der Waals surface area contributed by atoms with Crippen LogP contribution in [0.15, 0.2) is 51.7 Å². The second-order valence-electron chi connectivity index (χ2n) is 6.86. The minimum atomic E-state index is -0.649. The average Bonchev–Trinajstić information content (AvgIpc) is 3.00. The molecule has 6 nitrogen and oxygen atoms in total. The lowest BCUT2D eigenvalue weighted by atomic mass is 9.98. The summed E-state index contributed by atoms with van der Waals surface area (Å²) in [6.45, 7) is 2.49. The smallest absolute Gasteiger partial charge is 0.290 e. The number of aliphatic hydroxyl groups is 1. The van der Waals surface area contributed by atoms with Gasteiger partial charge >= 0.3 is 0 Å². The van der Waals surface area contributed by atoms with Crippen LogP contribution in [0.5, 0.6) is 5.75 Å². The molecule has 0 aliphatic carbocycles. The molecular formula is C22H20ClNO5. The van der Waals surface area contributed by atoms with Crippen LogP contribution in [-0.2, 0) is 0 Å². The molecule has 0 spiro atoms. The molecule has 7 heteroatoms. The van der Waals surface area contributed by atoms with Gasteiger partial charge in [0.15, 0.2) is 5.43 Å². The SMILES string of the molecule is CCCOc1ccc(C2c3c(oc4ccc(Cl)cc4c3=O)C(=O)N2CCO)cc1. The Morgan fingerprint density at radius 2 is 1.93 bits per heavy atom. The fourth-order valence-corrected chi connectivity index (χ4v) is 3.82. The number of aliphatic hydroxyl groups excluding tert-OH is 1. The topological polar surface area (TPSA) is 80.0 Å². The molecule has 1 aromatic heterocycles. The highest BCUT2D eigenvalue weighted by atomic mass is 35.5. The summed E-state index contributed by atoms with van der Waals surface area (Å²) in [6.07, 6.45) is 0.896. The van der Waals surface area contributed by atoms with E-state index in [4.69, 9.17) is 20.8 Å². The van der Waals surface area contributed by atoms with E-state index < -0.39 is 11.9 Å². The van der Waals surface area contributed by atoms with Gasteiger partial charge in [0.25, 0.3) is 5.91 Å². The van der Waals surface area contributed by atoms with E-state index in [0.29, 0.717) is 28.3 Å². The van der Waals surface area contributed by atoms with Gasteiger partial charge in [-0.15, -0.1) is 0 Å². The second-order valence-corrected chi connectivity index (χ2v) is 7.29. The number of fused-ring (bicyclic) bond motifs is 2. The number of rotatable bonds is 6. The highest BCUT2D eigenvalue weighted by Gasteiger charge is 2.42. The van der Waals surface area contributed by atoms with Gasteiger partial charge in [-0.05, 0) is 42.3 Å². The normalized spacial score (nSPS) is 15.8. The summed E-state index contributed by atoms with van der Waals surface area (Å²) in [4.78, 5) is 27.7. The molecule has 0 saturated carbocycles. The lowest BCUT2D eigenvalue weighted by molar-refractivity contribution is 0.0691. The van der Waals surface area contributed by atoms with E-state index >= 15 is 0 Å². The van der Waals surface area contributed by atoms with Gasteiger partial charge in [-0.2, -0.15) is 0 Å². The van der Waals surface area contributed by atoms with Gasteiger partial charge in [0.1, 0.15) is 11.3 Å². The van der Waals surface area contributed by atoms with Crippen molar-refractivity contribution in [3.8, 4) is 5.75 Å². The molecule has 2 aromatic carbocycles. The molecule has 4 rings (SSSR count). The minimum absolute atomic E-state index is 0.00887. The Labute approximate surface area is 172 Å². The van der Waals surface area contributed by atoms with Crippen LogP contribution >= 0.6 is 11.6 Å². The molecule has 1 atom stereocenters. The fourth-order valence-electron chi connectivity index (χ4n) is 3.64. The standard InChI is InChI=1S/C22H20ClNO5/c1-2-11-28-15-6-3-13(4-7-15)19-18-20(26)16-12-14(23)5-8-17(16)29-21(18)22(27)24(19)9-10-25/h3-8,12,19,25H,2,9-11H2,1H3. The lowest BCUT2D eigenvalue weighted by Crippen LogP contribution is -2.32. The predicted octanol–water partition coefficient (Wildman–Crippen LogP) is 3.77. The fraction of sp³-hybridized carbons (Fsp3) is 0.273. The first-order chi connectivity index (χ1) is 14.0. The first kappa shape index (κ1) is 19.5. The van der Waals surface area contributed by atoms with Gasteiger partial charge in [0.2, 0.25) is 5.76 Å². The Morgan fingerprint density at radius 3 is 2.62 bits per heavy atom. The maximum absolute atomic E-state index is 13.3. The van der Waals surface area contributed by atoms with Crippen LogP contribution in [0.3, 0.4) is 0 Å². The van der Waals surface area contributed by atoms with E-state index in [-0.39, 0.29) is 29.9 Å². The number of nitrogens with zero attached hydrogens (tertiary/aromatic N) is 1. The van der Waals surface area contributed by atoms with Crippen molar-refractivity contribution in [2.24, 2.45) is 0 Å². The number of β-amino-alcohol motifs (C(OH)–C–C–N with tert-alkyl or cyclic N) is 1. The third kappa shape index (κ3) is 3.39. The molecular weight excluding hydrogens is 394 g/mol. The molecule has 1 aliphatic rings. The predicted molar refractivity (Wildman–Crippen MR) is 110 cm³/mol. The minimum Gasteiger partial charge on any atom is -0.494 e. The lowest BCUT2D eigenvalue weighted by Gasteiger charge is -2.24. The number of carbonyl (C=O) groups is 1. The van der Waals surface area contributed by atoms with Crippen molar-refractivity contribution in [3.05, 3.63) is 74.6 Å². The largest absolute Gasteiger partial charge is 0.494 e. The Bertz CT molecular complexity index is 1120. The Kier molecular flexibility index (Phi) is 5.30. The van der Waals surface area contributed by atoms with Crippen molar-refractivity contribution in [1.29, 1.82) is 0 Å². The van der Waals surface area contributed by atoms with Gasteiger partial charge < -0.3 is 19.2 Å². The highest BCUT2D eigenvalue weighted by Crippen LogP contribution is 2.38. The van der Waals surface area contributed by atoms with Crippen molar-refractivity contribution < 1.29 is 19.1 Å². The van der Waals surface area contributed by atoms with Gasteiger partial charge in [0, 0.05) is 11.6 Å². The summed E-state index contributed by atoms with van der Waals surface area (Å²) in [5.41, 5.74) is 1.01. The Balaban J connectivity index is 1.87. The van der Waals surface area contributed by atoms with Gasteiger partial charge in [0.05, 0.1) is 30.2 Å². The van der Waals surface area contributed by atoms with E-state index in [1.54, 1.807) is 18.2 Å². The van der Waals surface area contributed by atoms with E-state index in [1.807, 2.05) is 31.2 Å². The Hall–Kier alpha value is -2.83. The molecule has 1 aliphatic heterocycles. The number of halogens is 1. The summed E-state index contributed by atoms with van der Waals surface area (Å²) in [6, 6.07) is 11.3. The molecule has 0 saturated heterocycles. The van der Waals surface area contributed by atoms with Crippen molar-refractivity contribution in [2.75, 3.05) is 19.8 Å². The molecule has 1 N–H and O–H groups in total. The van der Waals surface area contributed by atoms with Gasteiger partial charge in [-0.3, -0.25) is 9.59 Å². The molecule has 150 valence electrons. The van der Waals surface area contributed by atoms with E-state index in [9.17, 15) is 14.7 Å². The third-order valence-electron chi connectivity index (χ3n) is 4.94. The maximum Gasteiger partial charge on any atom is 0.290 e. The van der Waals surface area contributed by atoms with Crippen LogP contribution in [0.25, 0.3) is 11.0 Å². The van der Waals surface area contributed by atoms with E-state index in [1.165, 1.54) is 4.90 Å². The van der Waals surface area contributed by atoms with Crippen LogP contribution in [0.4, 0.5) is 0 Å². The molecule has 0 fully saturated rings. The zero-order valence-electron chi connectivity index (χ0n) is 15.9. The van der Waals surface area contributed by atoms with Crippen LogP contribution in [0, 0.1) is 0 Å².